The van der Waals surface area contributed by atoms with Crippen molar-refractivity contribution < 1.29 is 19.6 Å². The zero-order valence-electron chi connectivity index (χ0n) is 14.4. The van der Waals surface area contributed by atoms with Crippen LogP contribution in [-0.2, 0) is 4.79 Å². The number of carbonyl (C=O) groups excluding carboxylic acids is 2. The lowest BCUT2D eigenvalue weighted by Crippen LogP contribution is -2.54. The van der Waals surface area contributed by atoms with Gasteiger partial charge in [-0.3, -0.25) is 14.6 Å². The van der Waals surface area contributed by atoms with Crippen molar-refractivity contribution in [1.82, 2.24) is 20.6 Å². The van der Waals surface area contributed by atoms with Crippen molar-refractivity contribution in [3.63, 3.8) is 0 Å². The van der Waals surface area contributed by atoms with Crippen molar-refractivity contribution in [2.24, 2.45) is 5.73 Å². The predicted molar refractivity (Wildman–Crippen MR) is 93.2 cm³/mol. The monoisotopic (exact) mass is 351 g/mol. The third kappa shape index (κ3) is 7.59. The van der Waals surface area contributed by atoms with Gasteiger partial charge in [-0.15, -0.1) is 0 Å². The summed E-state index contributed by atoms with van der Waals surface area (Å²) in [5, 5.41) is 23.9. The first-order valence-electron chi connectivity index (χ1n) is 8.43. The summed E-state index contributed by atoms with van der Waals surface area (Å²) in [4.78, 5) is 32.4. The topological polar surface area (TPSA) is 150 Å². The van der Waals surface area contributed by atoms with Gasteiger partial charge in [0.2, 0.25) is 5.91 Å². The molecule has 0 aliphatic rings. The molecule has 0 saturated heterocycles. The maximum atomic E-state index is 12.5. The van der Waals surface area contributed by atoms with Crippen LogP contribution >= 0.6 is 0 Å². The maximum absolute atomic E-state index is 12.5. The molecule has 0 aliphatic carbocycles. The van der Waals surface area contributed by atoms with E-state index < -0.39 is 30.9 Å². The molecule has 0 aromatic carbocycles. The Morgan fingerprint density at radius 1 is 1.24 bits per heavy atom. The number of hydrogen-bond donors (Lipinski definition) is 5. The number of hydrogen-bond acceptors (Lipinski definition) is 7. The minimum Gasteiger partial charge on any atom is -0.426 e. The van der Waals surface area contributed by atoms with E-state index in [1.54, 1.807) is 0 Å². The quantitative estimate of drug-likeness (QED) is 0.253. The molecule has 2 amide bonds. The number of nitrogens with two attached hydrogens (primary N) is 1. The molecule has 25 heavy (non-hydrogen) atoms. The minimum atomic E-state index is -1.66. The van der Waals surface area contributed by atoms with E-state index in [0.29, 0.717) is 38.6 Å². The van der Waals surface area contributed by atoms with Gasteiger partial charge in [0.05, 0.1) is 12.1 Å². The van der Waals surface area contributed by atoms with Gasteiger partial charge in [-0.2, -0.15) is 0 Å². The number of unbranched alkanes of at least 4 members (excludes halogenated alkanes) is 1. The summed E-state index contributed by atoms with van der Waals surface area (Å²) < 4.78 is 0. The van der Waals surface area contributed by atoms with Crippen molar-refractivity contribution in [2.75, 3.05) is 6.54 Å². The van der Waals surface area contributed by atoms with Crippen LogP contribution in [0.4, 0.5) is 0 Å². The lowest BCUT2D eigenvalue weighted by Gasteiger charge is -2.22. The van der Waals surface area contributed by atoms with Crippen molar-refractivity contribution in [3.05, 3.63) is 24.3 Å². The maximum Gasteiger partial charge on any atom is 0.475 e. The number of nitrogens with zero attached hydrogens (tertiary/aromatic N) is 2. The lowest BCUT2D eigenvalue weighted by molar-refractivity contribution is -0.123. The van der Waals surface area contributed by atoms with Crippen LogP contribution in [-0.4, -0.2) is 57.5 Å². The molecule has 10 heteroatoms. The van der Waals surface area contributed by atoms with Crippen LogP contribution in [0.5, 0.6) is 0 Å². The average Bonchev–Trinajstić information content (AvgIpc) is 2.61. The van der Waals surface area contributed by atoms with Crippen molar-refractivity contribution >= 4 is 18.9 Å². The summed E-state index contributed by atoms with van der Waals surface area (Å²) in [6.45, 7) is 2.36. The van der Waals surface area contributed by atoms with Crippen molar-refractivity contribution in [3.8, 4) is 0 Å². The third-order valence-corrected chi connectivity index (χ3v) is 3.65. The Labute approximate surface area is 147 Å². The highest BCUT2D eigenvalue weighted by atomic mass is 16.4. The highest BCUT2D eigenvalue weighted by Gasteiger charge is 2.28. The molecule has 1 aromatic rings. The van der Waals surface area contributed by atoms with Gasteiger partial charge in [-0.05, 0) is 32.2 Å². The molecule has 0 aliphatic heterocycles. The molecule has 0 unspecified atom stereocenters. The van der Waals surface area contributed by atoms with Crippen LogP contribution in [0.1, 0.15) is 49.5 Å². The highest BCUT2D eigenvalue weighted by Crippen LogP contribution is 2.05. The Morgan fingerprint density at radius 3 is 2.56 bits per heavy atom. The summed E-state index contributed by atoms with van der Waals surface area (Å²) in [7, 11) is -1.66. The molecule has 2 atom stereocenters. The number of aromatic nitrogens is 2. The fourth-order valence-corrected chi connectivity index (χ4v) is 2.30. The standard InChI is InChI=1S/C15H26BN5O4/c1-2-5-13(16(24)25)21-14(22)11(6-3-4-7-17)20-15(23)12-10-18-8-9-19-12/h8-11,13,24-25H,2-7,17H2,1H3,(H,20,23)(H,21,22)/t11-,13-/m0/s1. The van der Waals surface area contributed by atoms with E-state index in [1.807, 2.05) is 6.92 Å². The molecular weight excluding hydrogens is 325 g/mol. The Kier molecular flexibility index (Phi) is 9.67. The molecular formula is C15H26BN5O4. The molecule has 6 N–H and O–H groups in total. The van der Waals surface area contributed by atoms with Gasteiger partial charge in [-0.1, -0.05) is 13.3 Å². The molecule has 9 nitrogen and oxygen atoms in total. The number of carbonyl (C=O) groups is 2. The van der Waals surface area contributed by atoms with Crippen LogP contribution in [0.2, 0.25) is 0 Å². The first-order chi connectivity index (χ1) is 12.0. The zero-order valence-corrected chi connectivity index (χ0v) is 14.4. The summed E-state index contributed by atoms with van der Waals surface area (Å²) in [6.07, 6.45) is 6.97. The fourth-order valence-electron chi connectivity index (χ4n) is 2.30. The lowest BCUT2D eigenvalue weighted by atomic mass is 9.76. The van der Waals surface area contributed by atoms with Crippen LogP contribution in [0.15, 0.2) is 18.6 Å². The average molecular weight is 351 g/mol. The normalized spacial score (nSPS) is 13.0. The summed E-state index contributed by atoms with van der Waals surface area (Å²) in [6, 6.07) is -0.820. The largest absolute Gasteiger partial charge is 0.475 e. The van der Waals surface area contributed by atoms with E-state index in [2.05, 4.69) is 20.6 Å². The summed E-state index contributed by atoms with van der Waals surface area (Å²) in [5.74, 6) is -1.78. The molecule has 1 rings (SSSR count). The first-order valence-corrected chi connectivity index (χ1v) is 8.43. The predicted octanol–water partition coefficient (Wildman–Crippen LogP) is -0.999. The van der Waals surface area contributed by atoms with E-state index in [1.165, 1.54) is 18.6 Å². The number of amides is 2. The number of rotatable bonds is 11. The number of nitrogens with one attached hydrogen (secondary N) is 2. The van der Waals surface area contributed by atoms with E-state index in [-0.39, 0.29) is 5.69 Å². The van der Waals surface area contributed by atoms with Crippen molar-refractivity contribution in [1.29, 1.82) is 0 Å². The minimum absolute atomic E-state index is 0.103. The molecule has 138 valence electrons. The second-order valence-corrected chi connectivity index (χ2v) is 5.72. The zero-order chi connectivity index (χ0) is 18.7. The second-order valence-electron chi connectivity index (χ2n) is 5.72. The van der Waals surface area contributed by atoms with Crippen molar-refractivity contribution in [2.45, 2.75) is 51.0 Å². The van der Waals surface area contributed by atoms with Gasteiger partial charge in [0, 0.05) is 12.4 Å². The fraction of sp³-hybridized carbons (Fsp3) is 0.600. The van der Waals surface area contributed by atoms with Gasteiger partial charge >= 0.3 is 7.12 Å². The molecule has 1 heterocycles. The Bertz CT molecular complexity index is 532. The molecule has 0 saturated carbocycles. The molecule has 0 fully saturated rings. The molecule has 0 bridgehead atoms. The Hall–Kier alpha value is -2.04. The van der Waals surface area contributed by atoms with E-state index in [4.69, 9.17) is 5.73 Å². The van der Waals surface area contributed by atoms with E-state index in [0.717, 1.165) is 0 Å². The van der Waals surface area contributed by atoms with Crippen LogP contribution in [0.25, 0.3) is 0 Å². The Balaban J connectivity index is 2.76. The van der Waals surface area contributed by atoms with Gasteiger partial charge in [0.15, 0.2) is 0 Å². The molecule has 0 radical (unpaired) electrons. The second kappa shape index (κ2) is 11.5. The van der Waals surface area contributed by atoms with Crippen LogP contribution < -0.4 is 16.4 Å². The van der Waals surface area contributed by atoms with Crippen LogP contribution in [0, 0.1) is 0 Å². The first kappa shape index (κ1) is 21.0. The molecule has 0 spiro atoms. The highest BCUT2D eigenvalue weighted by molar-refractivity contribution is 6.43. The van der Waals surface area contributed by atoms with Gasteiger partial charge in [0.25, 0.3) is 5.91 Å². The third-order valence-electron chi connectivity index (χ3n) is 3.65. The molecule has 1 aromatic heterocycles. The van der Waals surface area contributed by atoms with Gasteiger partial charge in [0.1, 0.15) is 11.7 Å². The van der Waals surface area contributed by atoms with Crippen LogP contribution in [0.3, 0.4) is 0 Å². The smallest absolute Gasteiger partial charge is 0.426 e. The SMILES string of the molecule is CCC[C@H](NC(=O)[C@H](CCCCN)NC(=O)c1cnccn1)B(O)O. The Morgan fingerprint density at radius 2 is 2.00 bits per heavy atom. The summed E-state index contributed by atoms with van der Waals surface area (Å²) in [5.41, 5.74) is 5.57. The van der Waals surface area contributed by atoms with E-state index in [9.17, 15) is 19.6 Å². The van der Waals surface area contributed by atoms with Gasteiger partial charge < -0.3 is 26.4 Å². The van der Waals surface area contributed by atoms with E-state index >= 15 is 0 Å². The van der Waals surface area contributed by atoms with Gasteiger partial charge in [-0.25, -0.2) is 4.98 Å². The summed E-state index contributed by atoms with van der Waals surface area (Å²) >= 11 is 0.